The summed E-state index contributed by atoms with van der Waals surface area (Å²) in [6, 6.07) is 16.5. The summed E-state index contributed by atoms with van der Waals surface area (Å²) in [5.74, 6) is -0.374. The van der Waals surface area contributed by atoms with Crippen LogP contribution in [-0.2, 0) is 11.3 Å². The van der Waals surface area contributed by atoms with Gasteiger partial charge in [0.25, 0.3) is 0 Å². The van der Waals surface area contributed by atoms with E-state index in [2.05, 4.69) is 5.10 Å². The van der Waals surface area contributed by atoms with Crippen LogP contribution in [0, 0.1) is 6.92 Å². The fourth-order valence-electron chi connectivity index (χ4n) is 2.78. The Morgan fingerprint density at radius 3 is 2.74 bits per heavy atom. The molecule has 0 aliphatic rings. The number of hydrogen-bond donors (Lipinski definition) is 0. The second-order valence-corrected chi connectivity index (χ2v) is 7.86. The SMILES string of the molecule is Cc1nn(-c2ccccc2Cl)c2sc(C(=O)OCc3cccc(Cl)c3)cc12. The first-order valence-corrected chi connectivity index (χ1v) is 9.76. The number of benzene rings is 2. The van der Waals surface area contributed by atoms with Gasteiger partial charge in [0.2, 0.25) is 0 Å². The Morgan fingerprint density at radius 1 is 1.15 bits per heavy atom. The number of carbonyl (C=O) groups excluding carboxylic acids is 1. The van der Waals surface area contributed by atoms with E-state index >= 15 is 0 Å². The van der Waals surface area contributed by atoms with Gasteiger partial charge in [0.05, 0.1) is 16.4 Å². The Labute approximate surface area is 169 Å². The molecular formula is C20H14Cl2N2O2S. The Balaban J connectivity index is 1.63. The molecule has 136 valence electrons. The first-order valence-electron chi connectivity index (χ1n) is 8.18. The van der Waals surface area contributed by atoms with E-state index in [1.54, 1.807) is 16.8 Å². The second kappa shape index (κ2) is 7.35. The minimum atomic E-state index is -0.374. The Hall–Kier alpha value is -2.34. The van der Waals surface area contributed by atoms with Crippen LogP contribution in [0.25, 0.3) is 15.9 Å². The molecule has 2 heterocycles. The first kappa shape index (κ1) is 18.0. The van der Waals surface area contributed by atoms with Crippen LogP contribution in [0.1, 0.15) is 20.9 Å². The lowest BCUT2D eigenvalue weighted by atomic mass is 10.2. The van der Waals surface area contributed by atoms with Crippen LogP contribution in [-0.4, -0.2) is 15.7 Å². The standard InChI is InChI=1S/C20H14Cl2N2O2S/c1-12-15-10-18(20(25)26-11-13-5-4-6-14(21)9-13)27-19(15)24(23-12)17-8-3-2-7-16(17)22/h2-10H,11H2,1H3. The number of aryl methyl sites for hydroxylation is 1. The molecule has 4 aromatic rings. The van der Waals surface area contributed by atoms with Gasteiger partial charge < -0.3 is 4.74 Å². The van der Waals surface area contributed by atoms with E-state index in [9.17, 15) is 4.79 Å². The van der Waals surface area contributed by atoms with E-state index in [-0.39, 0.29) is 12.6 Å². The molecule has 4 nitrogen and oxygen atoms in total. The number of nitrogens with zero attached hydrogens (tertiary/aromatic N) is 2. The molecule has 2 aromatic carbocycles. The molecule has 0 saturated heterocycles. The third kappa shape index (κ3) is 3.58. The Morgan fingerprint density at radius 2 is 1.96 bits per heavy atom. The maximum Gasteiger partial charge on any atom is 0.348 e. The van der Waals surface area contributed by atoms with Gasteiger partial charge >= 0.3 is 5.97 Å². The number of halogens is 2. The third-order valence-electron chi connectivity index (χ3n) is 4.09. The van der Waals surface area contributed by atoms with Crippen molar-refractivity contribution >= 4 is 50.7 Å². The fraction of sp³-hybridized carbons (Fsp3) is 0.100. The minimum Gasteiger partial charge on any atom is -0.457 e. The van der Waals surface area contributed by atoms with Crippen LogP contribution in [0.2, 0.25) is 10.0 Å². The summed E-state index contributed by atoms with van der Waals surface area (Å²) < 4.78 is 7.20. The molecule has 2 aromatic heterocycles. The van der Waals surface area contributed by atoms with Crippen LogP contribution in [0.5, 0.6) is 0 Å². The summed E-state index contributed by atoms with van der Waals surface area (Å²) >= 11 is 13.6. The molecule has 7 heteroatoms. The van der Waals surface area contributed by atoms with Gasteiger partial charge in [0, 0.05) is 10.4 Å². The van der Waals surface area contributed by atoms with E-state index in [0.717, 1.165) is 27.2 Å². The van der Waals surface area contributed by atoms with Crippen molar-refractivity contribution in [2.75, 3.05) is 0 Å². The van der Waals surface area contributed by atoms with Crippen LogP contribution >= 0.6 is 34.5 Å². The van der Waals surface area contributed by atoms with E-state index in [4.69, 9.17) is 27.9 Å². The zero-order valence-corrected chi connectivity index (χ0v) is 16.6. The fourth-order valence-corrected chi connectivity index (χ4v) is 4.28. The van der Waals surface area contributed by atoms with E-state index in [0.29, 0.717) is 14.9 Å². The first-order chi connectivity index (χ1) is 13.0. The average molecular weight is 417 g/mol. The van der Waals surface area contributed by atoms with Gasteiger partial charge in [-0.15, -0.1) is 11.3 Å². The molecule has 0 amide bonds. The summed E-state index contributed by atoms with van der Waals surface area (Å²) in [5, 5.41) is 6.68. The van der Waals surface area contributed by atoms with Gasteiger partial charge in [0.15, 0.2) is 0 Å². The summed E-state index contributed by atoms with van der Waals surface area (Å²) in [6.45, 7) is 2.08. The molecular weight excluding hydrogens is 403 g/mol. The molecule has 4 rings (SSSR count). The van der Waals surface area contributed by atoms with Crippen molar-refractivity contribution < 1.29 is 9.53 Å². The Kier molecular flexibility index (Phi) is 4.91. The molecule has 0 bridgehead atoms. The topological polar surface area (TPSA) is 44.1 Å². The van der Waals surface area contributed by atoms with Gasteiger partial charge in [-0.1, -0.05) is 47.5 Å². The lowest BCUT2D eigenvalue weighted by Crippen LogP contribution is -2.03. The normalized spacial score (nSPS) is 11.1. The summed E-state index contributed by atoms with van der Waals surface area (Å²) in [4.78, 5) is 13.9. The van der Waals surface area contributed by atoms with Gasteiger partial charge in [-0.3, -0.25) is 0 Å². The number of thiophene rings is 1. The number of rotatable bonds is 4. The Bertz CT molecular complexity index is 1150. The monoisotopic (exact) mass is 416 g/mol. The number of ether oxygens (including phenoxy) is 1. The van der Waals surface area contributed by atoms with Gasteiger partial charge in [0.1, 0.15) is 16.3 Å². The highest BCUT2D eigenvalue weighted by molar-refractivity contribution is 7.20. The van der Waals surface area contributed by atoms with Gasteiger partial charge in [-0.2, -0.15) is 5.10 Å². The van der Waals surface area contributed by atoms with Crippen LogP contribution in [0.4, 0.5) is 0 Å². The van der Waals surface area contributed by atoms with Crippen LogP contribution in [0.3, 0.4) is 0 Å². The highest BCUT2D eigenvalue weighted by Crippen LogP contribution is 2.32. The summed E-state index contributed by atoms with van der Waals surface area (Å²) in [6.07, 6.45) is 0. The molecule has 0 aliphatic heterocycles. The zero-order valence-electron chi connectivity index (χ0n) is 14.3. The predicted octanol–water partition coefficient (Wildman–Crippen LogP) is 6.06. The van der Waals surface area contributed by atoms with Crippen molar-refractivity contribution in [1.82, 2.24) is 9.78 Å². The zero-order chi connectivity index (χ0) is 19.0. The minimum absolute atomic E-state index is 0.170. The van der Waals surface area contributed by atoms with E-state index in [1.807, 2.05) is 49.4 Å². The van der Waals surface area contributed by atoms with Crippen LogP contribution < -0.4 is 0 Å². The molecule has 0 aliphatic carbocycles. The number of hydrogen-bond acceptors (Lipinski definition) is 4. The second-order valence-electron chi connectivity index (χ2n) is 5.98. The van der Waals surface area contributed by atoms with Crippen molar-refractivity contribution in [1.29, 1.82) is 0 Å². The van der Waals surface area contributed by atoms with Crippen molar-refractivity contribution in [3.63, 3.8) is 0 Å². The molecule has 27 heavy (non-hydrogen) atoms. The summed E-state index contributed by atoms with van der Waals surface area (Å²) in [7, 11) is 0. The molecule has 0 unspecified atom stereocenters. The van der Waals surface area contributed by atoms with E-state index < -0.39 is 0 Å². The van der Waals surface area contributed by atoms with Crippen molar-refractivity contribution in [3.8, 4) is 5.69 Å². The smallest absolute Gasteiger partial charge is 0.348 e. The molecule has 0 fully saturated rings. The van der Waals surface area contributed by atoms with Crippen molar-refractivity contribution in [2.24, 2.45) is 0 Å². The average Bonchev–Trinajstić information content (AvgIpc) is 3.21. The summed E-state index contributed by atoms with van der Waals surface area (Å²) in [5.41, 5.74) is 2.45. The lowest BCUT2D eigenvalue weighted by Gasteiger charge is -2.05. The van der Waals surface area contributed by atoms with Gasteiger partial charge in [-0.05, 0) is 42.8 Å². The number of esters is 1. The third-order valence-corrected chi connectivity index (χ3v) is 5.73. The maximum atomic E-state index is 12.5. The number of aromatic nitrogens is 2. The highest BCUT2D eigenvalue weighted by Gasteiger charge is 2.19. The molecule has 0 atom stereocenters. The predicted molar refractivity (Wildman–Crippen MR) is 109 cm³/mol. The van der Waals surface area contributed by atoms with Crippen molar-refractivity contribution in [2.45, 2.75) is 13.5 Å². The van der Waals surface area contributed by atoms with E-state index in [1.165, 1.54) is 11.3 Å². The largest absolute Gasteiger partial charge is 0.457 e. The number of fused-ring (bicyclic) bond motifs is 1. The molecule has 0 spiro atoms. The molecule has 0 radical (unpaired) electrons. The quantitative estimate of drug-likeness (QED) is 0.379. The van der Waals surface area contributed by atoms with Crippen LogP contribution in [0.15, 0.2) is 54.6 Å². The maximum absolute atomic E-state index is 12.5. The number of carbonyl (C=O) groups is 1. The van der Waals surface area contributed by atoms with Gasteiger partial charge in [-0.25, -0.2) is 9.48 Å². The lowest BCUT2D eigenvalue weighted by molar-refractivity contribution is 0.0478. The highest BCUT2D eigenvalue weighted by atomic mass is 35.5. The van der Waals surface area contributed by atoms with Crippen molar-refractivity contribution in [3.05, 3.63) is 80.8 Å². The molecule has 0 saturated carbocycles. The number of para-hydroxylation sites is 1. The molecule has 0 N–H and O–H groups in total.